The van der Waals surface area contributed by atoms with Gasteiger partial charge in [0.05, 0.1) is 12.3 Å². The van der Waals surface area contributed by atoms with Gasteiger partial charge in [0.1, 0.15) is 28.9 Å². The van der Waals surface area contributed by atoms with Crippen LogP contribution in [0.5, 0.6) is 5.75 Å². The van der Waals surface area contributed by atoms with E-state index in [1.165, 1.54) is 29.7 Å². The number of nitrogens with one attached hydrogen (secondary N) is 1. The highest BCUT2D eigenvalue weighted by atomic mass is 32.1. The molecule has 1 N–H and O–H groups in total. The lowest BCUT2D eigenvalue weighted by Gasteiger charge is -2.37. The number of halogens is 1. The molecule has 0 spiro atoms. The largest absolute Gasteiger partial charge is 0.486 e. The summed E-state index contributed by atoms with van der Waals surface area (Å²) in [5.74, 6) is 0.458. The van der Waals surface area contributed by atoms with Crippen molar-refractivity contribution in [1.82, 2.24) is 15.2 Å². The standard InChI is InChI=1S/C29H28FN3O4S/c1-18(2)15-31-28(34)24-17-38-26(32-24)16-37-22-10-7-19-11-12-33(29(35)25-4-3-13-36-25)27(23(19)14-22)20-5-8-21(30)9-6-20/h3-10,13-14,17-18,27H,11-12,15-16H2,1-2H3,(H,31,34)/t27-/m0/s1. The third-order valence-electron chi connectivity index (χ3n) is 6.34. The first-order chi connectivity index (χ1) is 18.4. The molecule has 5 rings (SSSR count). The van der Waals surface area contributed by atoms with Gasteiger partial charge in [0.15, 0.2) is 5.76 Å². The zero-order valence-electron chi connectivity index (χ0n) is 21.1. The van der Waals surface area contributed by atoms with Gasteiger partial charge in [0.2, 0.25) is 0 Å². The molecule has 4 aromatic rings. The molecule has 1 atom stereocenters. The number of benzene rings is 2. The second-order valence-electron chi connectivity index (χ2n) is 9.56. The van der Waals surface area contributed by atoms with Crippen molar-refractivity contribution < 1.29 is 23.1 Å². The van der Waals surface area contributed by atoms with Crippen LogP contribution in [0.15, 0.2) is 70.7 Å². The molecule has 2 aromatic heterocycles. The van der Waals surface area contributed by atoms with Crippen LogP contribution in [0.25, 0.3) is 0 Å². The van der Waals surface area contributed by atoms with E-state index in [4.69, 9.17) is 9.15 Å². The van der Waals surface area contributed by atoms with E-state index in [1.807, 2.05) is 32.0 Å². The predicted molar refractivity (Wildman–Crippen MR) is 142 cm³/mol. The number of amides is 2. The number of aromatic nitrogens is 1. The van der Waals surface area contributed by atoms with E-state index in [1.54, 1.807) is 34.5 Å². The third-order valence-corrected chi connectivity index (χ3v) is 7.16. The first-order valence-corrected chi connectivity index (χ1v) is 13.3. The number of rotatable bonds is 8. The van der Waals surface area contributed by atoms with Crippen LogP contribution >= 0.6 is 11.3 Å². The first kappa shape index (κ1) is 25.7. The Morgan fingerprint density at radius 1 is 1.21 bits per heavy atom. The maximum Gasteiger partial charge on any atom is 0.290 e. The maximum atomic E-state index is 13.7. The summed E-state index contributed by atoms with van der Waals surface area (Å²) in [7, 11) is 0. The number of ether oxygens (including phenoxy) is 1. The van der Waals surface area contributed by atoms with Gasteiger partial charge in [0.25, 0.3) is 11.8 Å². The molecule has 196 valence electrons. The number of hydrogen-bond acceptors (Lipinski definition) is 6. The van der Waals surface area contributed by atoms with Crippen LogP contribution in [0.2, 0.25) is 0 Å². The quantitative estimate of drug-likeness (QED) is 0.317. The van der Waals surface area contributed by atoms with Gasteiger partial charge in [-0.3, -0.25) is 9.59 Å². The van der Waals surface area contributed by atoms with E-state index < -0.39 is 6.04 Å². The lowest BCUT2D eigenvalue weighted by molar-refractivity contribution is 0.0661. The zero-order valence-corrected chi connectivity index (χ0v) is 22.0. The lowest BCUT2D eigenvalue weighted by atomic mass is 9.87. The number of hydrogen-bond donors (Lipinski definition) is 1. The minimum absolute atomic E-state index is 0.196. The summed E-state index contributed by atoms with van der Waals surface area (Å²) < 4.78 is 25.2. The molecule has 3 heterocycles. The van der Waals surface area contributed by atoms with Crippen molar-refractivity contribution in [3.8, 4) is 5.75 Å². The number of nitrogens with zero attached hydrogens (tertiary/aromatic N) is 2. The van der Waals surface area contributed by atoms with Crippen LogP contribution in [0.3, 0.4) is 0 Å². The maximum absolute atomic E-state index is 13.7. The fourth-order valence-electron chi connectivity index (χ4n) is 4.46. The number of fused-ring (bicyclic) bond motifs is 1. The molecule has 1 aliphatic rings. The molecule has 2 aromatic carbocycles. The summed E-state index contributed by atoms with van der Waals surface area (Å²) in [5.41, 5.74) is 3.17. The Balaban J connectivity index is 1.38. The van der Waals surface area contributed by atoms with Crippen molar-refractivity contribution in [2.75, 3.05) is 13.1 Å². The zero-order chi connectivity index (χ0) is 26.6. The molecule has 0 bridgehead atoms. The average molecular weight is 534 g/mol. The smallest absolute Gasteiger partial charge is 0.290 e. The summed E-state index contributed by atoms with van der Waals surface area (Å²) in [6, 6.07) is 14.9. The van der Waals surface area contributed by atoms with Crippen molar-refractivity contribution in [3.05, 3.63) is 105 Å². The lowest BCUT2D eigenvalue weighted by Crippen LogP contribution is -2.40. The number of carbonyl (C=O) groups is 2. The molecule has 38 heavy (non-hydrogen) atoms. The fraction of sp³-hybridized carbons (Fsp3) is 0.276. The van der Waals surface area contributed by atoms with Crippen LogP contribution < -0.4 is 10.1 Å². The van der Waals surface area contributed by atoms with Gasteiger partial charge >= 0.3 is 0 Å². The minimum Gasteiger partial charge on any atom is -0.486 e. The molecule has 0 fully saturated rings. The monoisotopic (exact) mass is 533 g/mol. The molecule has 9 heteroatoms. The summed E-state index contributed by atoms with van der Waals surface area (Å²) in [6.45, 7) is 5.36. The van der Waals surface area contributed by atoms with Crippen molar-refractivity contribution in [3.63, 3.8) is 0 Å². The Morgan fingerprint density at radius 3 is 2.76 bits per heavy atom. The van der Waals surface area contributed by atoms with Crippen molar-refractivity contribution >= 4 is 23.2 Å². The van der Waals surface area contributed by atoms with Gasteiger partial charge in [-0.15, -0.1) is 11.3 Å². The van der Waals surface area contributed by atoms with Crippen LogP contribution in [0.4, 0.5) is 4.39 Å². The van der Waals surface area contributed by atoms with Gasteiger partial charge < -0.3 is 19.4 Å². The molecule has 7 nitrogen and oxygen atoms in total. The Labute approximate surface area is 224 Å². The molecular weight excluding hydrogens is 505 g/mol. The van der Waals surface area contributed by atoms with E-state index in [2.05, 4.69) is 10.3 Å². The SMILES string of the molecule is CC(C)CNC(=O)c1csc(COc2ccc3c(c2)[C@H](c2ccc(F)cc2)N(C(=O)c2ccco2)CC3)n1. The Morgan fingerprint density at radius 2 is 2.03 bits per heavy atom. The van der Waals surface area contributed by atoms with Crippen LogP contribution in [-0.4, -0.2) is 34.8 Å². The topological polar surface area (TPSA) is 84.7 Å². The molecule has 0 saturated heterocycles. The number of furan rings is 1. The van der Waals surface area contributed by atoms with Crippen LogP contribution in [0.1, 0.15) is 62.6 Å². The van der Waals surface area contributed by atoms with Crippen LogP contribution in [-0.2, 0) is 13.0 Å². The molecule has 0 unspecified atom stereocenters. The highest BCUT2D eigenvalue weighted by Crippen LogP contribution is 2.38. The second-order valence-corrected chi connectivity index (χ2v) is 10.5. The summed E-state index contributed by atoms with van der Waals surface area (Å²) in [5, 5.41) is 5.28. The van der Waals surface area contributed by atoms with E-state index in [9.17, 15) is 14.0 Å². The Kier molecular flexibility index (Phi) is 7.55. The summed E-state index contributed by atoms with van der Waals surface area (Å²) >= 11 is 1.37. The summed E-state index contributed by atoms with van der Waals surface area (Å²) in [6.07, 6.45) is 2.14. The average Bonchev–Trinajstić information content (AvgIpc) is 3.63. The highest BCUT2D eigenvalue weighted by Gasteiger charge is 2.34. The van der Waals surface area contributed by atoms with Gasteiger partial charge in [0, 0.05) is 18.5 Å². The van der Waals surface area contributed by atoms with Crippen molar-refractivity contribution in [2.24, 2.45) is 5.92 Å². The molecule has 2 amide bonds. The Hall–Kier alpha value is -3.98. The van der Waals surface area contributed by atoms with Crippen molar-refractivity contribution in [1.29, 1.82) is 0 Å². The third kappa shape index (κ3) is 5.62. The van der Waals surface area contributed by atoms with E-state index in [0.29, 0.717) is 41.9 Å². The molecular formula is C29H28FN3O4S. The fourth-order valence-corrected chi connectivity index (χ4v) is 5.15. The van der Waals surface area contributed by atoms with Gasteiger partial charge in [-0.1, -0.05) is 32.0 Å². The Bertz CT molecular complexity index is 1420. The van der Waals surface area contributed by atoms with Crippen molar-refractivity contribution in [2.45, 2.75) is 32.9 Å². The second kappa shape index (κ2) is 11.2. The molecule has 0 saturated carbocycles. The van der Waals surface area contributed by atoms with Gasteiger partial charge in [-0.25, -0.2) is 9.37 Å². The molecule has 0 aliphatic carbocycles. The van der Waals surface area contributed by atoms with E-state index in [-0.39, 0.29) is 30.0 Å². The summed E-state index contributed by atoms with van der Waals surface area (Å²) in [4.78, 5) is 31.8. The van der Waals surface area contributed by atoms with Gasteiger partial charge in [-0.2, -0.15) is 0 Å². The van der Waals surface area contributed by atoms with E-state index in [0.717, 1.165) is 16.7 Å². The molecule has 0 radical (unpaired) electrons. The molecule has 1 aliphatic heterocycles. The predicted octanol–water partition coefficient (Wildman–Crippen LogP) is 5.63. The van der Waals surface area contributed by atoms with Gasteiger partial charge in [-0.05, 0) is 65.4 Å². The highest BCUT2D eigenvalue weighted by molar-refractivity contribution is 7.09. The van der Waals surface area contributed by atoms with Crippen LogP contribution in [0, 0.1) is 11.7 Å². The number of carbonyl (C=O) groups excluding carboxylic acids is 2. The first-order valence-electron chi connectivity index (χ1n) is 12.5. The van der Waals surface area contributed by atoms with E-state index >= 15 is 0 Å². The normalized spacial score (nSPS) is 14.8. The minimum atomic E-state index is -0.434. The number of thiazole rings is 1.